The van der Waals surface area contributed by atoms with E-state index in [1.54, 1.807) is 24.3 Å². The van der Waals surface area contributed by atoms with Crippen LogP contribution in [0.4, 0.5) is 0 Å². The lowest BCUT2D eigenvalue weighted by Gasteiger charge is -2.01. The molecule has 0 unspecified atom stereocenters. The third-order valence-corrected chi connectivity index (χ3v) is 1.83. The van der Waals surface area contributed by atoms with Crippen LogP contribution in [0.2, 0.25) is 0 Å². The molecule has 15 heavy (non-hydrogen) atoms. The van der Waals surface area contributed by atoms with E-state index >= 15 is 0 Å². The summed E-state index contributed by atoms with van der Waals surface area (Å²) in [4.78, 5) is 2.61. The third-order valence-electron chi connectivity index (χ3n) is 1.83. The van der Waals surface area contributed by atoms with Gasteiger partial charge in [0.1, 0.15) is 5.75 Å². The largest absolute Gasteiger partial charge is 0.508 e. The first-order chi connectivity index (χ1) is 7.27. The summed E-state index contributed by atoms with van der Waals surface area (Å²) < 4.78 is 0. The van der Waals surface area contributed by atoms with Crippen LogP contribution in [0.5, 0.6) is 5.75 Å². The number of aliphatic hydroxyl groups excluding tert-OH is 1. The molecular formula is C10H11N3O2. The Balaban J connectivity index is 2.78. The topological polar surface area (TPSA) is 89.2 Å². The molecule has 0 bridgehead atoms. The Labute approximate surface area is 86.9 Å². The number of aliphatic hydroxyl groups is 1. The fourth-order valence-electron chi connectivity index (χ4n) is 1.11. The average Bonchev–Trinajstić information content (AvgIpc) is 2.26. The van der Waals surface area contributed by atoms with Crippen molar-refractivity contribution < 1.29 is 10.2 Å². The van der Waals surface area contributed by atoms with Crippen LogP contribution in [0.3, 0.4) is 0 Å². The SMILES string of the molecule is [N-]=[N+]=NCC=Cc1ccc(O)c(CO)c1. The van der Waals surface area contributed by atoms with E-state index in [1.807, 2.05) is 0 Å². The quantitative estimate of drug-likeness (QED) is 0.448. The Morgan fingerprint density at radius 2 is 2.27 bits per heavy atom. The molecule has 1 aromatic carbocycles. The maximum absolute atomic E-state index is 9.29. The molecule has 0 radical (unpaired) electrons. The number of hydrogen-bond donors (Lipinski definition) is 2. The minimum absolute atomic E-state index is 0.0738. The Hall–Kier alpha value is -1.97. The third kappa shape index (κ3) is 3.34. The van der Waals surface area contributed by atoms with Crippen LogP contribution in [-0.2, 0) is 6.61 Å². The summed E-state index contributed by atoms with van der Waals surface area (Å²) in [5.74, 6) is 0.0738. The summed E-state index contributed by atoms with van der Waals surface area (Å²) in [7, 11) is 0. The van der Waals surface area contributed by atoms with Gasteiger partial charge in [0.05, 0.1) is 6.61 Å². The van der Waals surface area contributed by atoms with E-state index in [0.29, 0.717) is 5.56 Å². The Morgan fingerprint density at radius 3 is 2.93 bits per heavy atom. The van der Waals surface area contributed by atoms with Gasteiger partial charge >= 0.3 is 0 Å². The second kappa shape index (κ2) is 5.70. The van der Waals surface area contributed by atoms with Crippen LogP contribution >= 0.6 is 0 Å². The zero-order chi connectivity index (χ0) is 11.1. The van der Waals surface area contributed by atoms with Gasteiger partial charge in [-0.3, -0.25) is 0 Å². The minimum atomic E-state index is -0.205. The maximum atomic E-state index is 9.29. The predicted octanol–water partition coefficient (Wildman–Crippen LogP) is 2.21. The number of benzene rings is 1. The lowest BCUT2D eigenvalue weighted by atomic mass is 10.1. The fraction of sp³-hybridized carbons (Fsp3) is 0.200. The maximum Gasteiger partial charge on any atom is 0.121 e. The summed E-state index contributed by atoms with van der Waals surface area (Å²) in [5.41, 5.74) is 9.35. The monoisotopic (exact) mass is 205 g/mol. The van der Waals surface area contributed by atoms with Crippen molar-refractivity contribution >= 4 is 6.08 Å². The van der Waals surface area contributed by atoms with Gasteiger partial charge in [-0.2, -0.15) is 0 Å². The van der Waals surface area contributed by atoms with Crippen LogP contribution in [0, 0.1) is 0 Å². The number of hydrogen-bond acceptors (Lipinski definition) is 3. The smallest absolute Gasteiger partial charge is 0.121 e. The summed E-state index contributed by atoms with van der Waals surface area (Å²) in [6, 6.07) is 4.89. The van der Waals surface area contributed by atoms with Gasteiger partial charge in [-0.25, -0.2) is 0 Å². The van der Waals surface area contributed by atoms with Crippen molar-refractivity contribution in [2.75, 3.05) is 6.54 Å². The molecule has 0 saturated carbocycles. The van der Waals surface area contributed by atoms with Gasteiger partial charge < -0.3 is 10.2 Å². The summed E-state index contributed by atoms with van der Waals surface area (Å²) in [6.45, 7) is 0.0791. The molecule has 5 heteroatoms. The molecule has 0 amide bonds. The molecule has 0 heterocycles. The average molecular weight is 205 g/mol. The fourth-order valence-corrected chi connectivity index (χ4v) is 1.11. The molecule has 0 saturated heterocycles. The molecule has 0 aliphatic heterocycles. The molecule has 0 aliphatic rings. The van der Waals surface area contributed by atoms with Crippen molar-refractivity contribution in [3.63, 3.8) is 0 Å². The predicted molar refractivity (Wildman–Crippen MR) is 57.1 cm³/mol. The first-order valence-electron chi connectivity index (χ1n) is 4.38. The normalized spacial score (nSPS) is 10.2. The molecule has 0 aliphatic carbocycles. The van der Waals surface area contributed by atoms with Crippen molar-refractivity contribution in [3.8, 4) is 5.75 Å². The zero-order valence-electron chi connectivity index (χ0n) is 8.04. The first-order valence-corrected chi connectivity index (χ1v) is 4.38. The van der Waals surface area contributed by atoms with Gasteiger partial charge in [-0.1, -0.05) is 23.3 Å². The van der Waals surface area contributed by atoms with Crippen molar-refractivity contribution in [1.29, 1.82) is 0 Å². The van der Waals surface area contributed by atoms with Gasteiger partial charge in [0.15, 0.2) is 0 Å². The highest BCUT2D eigenvalue weighted by Crippen LogP contribution is 2.18. The molecule has 1 rings (SSSR count). The molecule has 0 atom stereocenters. The molecule has 0 aromatic heterocycles. The van der Waals surface area contributed by atoms with Crippen LogP contribution < -0.4 is 0 Å². The van der Waals surface area contributed by atoms with E-state index in [1.165, 1.54) is 6.07 Å². The number of nitrogens with zero attached hydrogens (tertiary/aromatic N) is 3. The number of azide groups is 1. The molecule has 78 valence electrons. The Morgan fingerprint density at radius 1 is 1.47 bits per heavy atom. The van der Waals surface area contributed by atoms with Crippen LogP contribution in [0.1, 0.15) is 11.1 Å². The van der Waals surface area contributed by atoms with E-state index in [-0.39, 0.29) is 18.9 Å². The van der Waals surface area contributed by atoms with Crippen molar-refractivity contribution in [1.82, 2.24) is 0 Å². The summed E-state index contributed by atoms with van der Waals surface area (Å²) >= 11 is 0. The summed E-state index contributed by atoms with van der Waals surface area (Å²) in [6.07, 6.45) is 3.46. The van der Waals surface area contributed by atoms with E-state index in [2.05, 4.69) is 10.0 Å². The number of rotatable bonds is 4. The minimum Gasteiger partial charge on any atom is -0.508 e. The van der Waals surface area contributed by atoms with Gasteiger partial charge in [0.2, 0.25) is 0 Å². The highest BCUT2D eigenvalue weighted by Gasteiger charge is 1.98. The molecule has 0 spiro atoms. The molecule has 0 fully saturated rings. The lowest BCUT2D eigenvalue weighted by molar-refractivity contribution is 0.275. The second-order valence-corrected chi connectivity index (χ2v) is 2.86. The van der Waals surface area contributed by atoms with Crippen LogP contribution in [-0.4, -0.2) is 16.8 Å². The number of phenols is 1. The Kier molecular flexibility index (Phi) is 4.22. The van der Waals surface area contributed by atoms with Crippen LogP contribution in [0.15, 0.2) is 29.4 Å². The highest BCUT2D eigenvalue weighted by atomic mass is 16.3. The van der Waals surface area contributed by atoms with Gasteiger partial charge in [-0.05, 0) is 23.2 Å². The lowest BCUT2D eigenvalue weighted by Crippen LogP contribution is -1.85. The van der Waals surface area contributed by atoms with Crippen molar-refractivity contribution in [2.45, 2.75) is 6.61 Å². The Bertz CT molecular complexity index is 409. The van der Waals surface area contributed by atoms with Crippen molar-refractivity contribution in [3.05, 3.63) is 45.8 Å². The van der Waals surface area contributed by atoms with E-state index in [4.69, 9.17) is 10.6 Å². The van der Waals surface area contributed by atoms with Gasteiger partial charge in [0.25, 0.3) is 0 Å². The van der Waals surface area contributed by atoms with Crippen molar-refractivity contribution in [2.24, 2.45) is 5.11 Å². The standard InChI is InChI=1S/C10H11N3O2/c11-13-12-5-1-2-8-3-4-10(15)9(6-8)7-14/h1-4,6,14-15H,5,7H2. The molecule has 1 aromatic rings. The van der Waals surface area contributed by atoms with Gasteiger partial charge in [0, 0.05) is 17.0 Å². The van der Waals surface area contributed by atoms with E-state index < -0.39 is 0 Å². The number of aromatic hydroxyl groups is 1. The molecule has 5 nitrogen and oxygen atoms in total. The van der Waals surface area contributed by atoms with Gasteiger partial charge in [-0.15, -0.1) is 0 Å². The van der Waals surface area contributed by atoms with E-state index in [9.17, 15) is 5.11 Å². The summed E-state index contributed by atoms with van der Waals surface area (Å²) in [5, 5.41) is 21.5. The highest BCUT2D eigenvalue weighted by molar-refractivity contribution is 5.53. The molecular weight excluding hydrogens is 194 g/mol. The first kappa shape index (κ1) is 11.1. The van der Waals surface area contributed by atoms with E-state index in [0.717, 1.165) is 5.56 Å². The molecule has 2 N–H and O–H groups in total. The van der Waals surface area contributed by atoms with Crippen LogP contribution in [0.25, 0.3) is 16.5 Å². The second-order valence-electron chi connectivity index (χ2n) is 2.86. The zero-order valence-corrected chi connectivity index (χ0v) is 8.04.